The molecule has 1 fully saturated rings. The van der Waals surface area contributed by atoms with Crippen LogP contribution in [-0.4, -0.2) is 23.3 Å². The Morgan fingerprint density at radius 2 is 1.75 bits per heavy atom. The van der Waals surface area contributed by atoms with E-state index in [9.17, 15) is 9.59 Å². The minimum Gasteiger partial charge on any atom is -0.397 e. The van der Waals surface area contributed by atoms with Crippen LogP contribution in [0.25, 0.3) is 6.08 Å². The molecule has 4 rings (SSSR count). The maximum absolute atomic E-state index is 13.0. The number of carbonyl (C=O) groups is 2. The lowest BCUT2D eigenvalue weighted by Crippen LogP contribution is -2.36. The Bertz CT molecular complexity index is 1170. The summed E-state index contributed by atoms with van der Waals surface area (Å²) in [6.07, 6.45) is 3.53. The standard InChI is InChI=1S/C26H24ClN3O2/c27-22-8-2-1-6-20(22)16-21-7-5-15-30(26(21)32)17-18-11-13-19(14-12-18)25(31)29-24-10-4-3-9-23(24)28/h1-4,6,8-14,16H,5,7,15,17,28H2,(H,29,31)/b21-16+. The van der Waals surface area contributed by atoms with Crippen LogP contribution in [0, 0.1) is 0 Å². The van der Waals surface area contributed by atoms with Crippen molar-refractivity contribution in [2.45, 2.75) is 19.4 Å². The Morgan fingerprint density at radius 1 is 1.03 bits per heavy atom. The van der Waals surface area contributed by atoms with Gasteiger partial charge in [-0.25, -0.2) is 0 Å². The number of likely N-dealkylation sites (tertiary alicyclic amines) is 1. The number of para-hydroxylation sites is 2. The first-order chi connectivity index (χ1) is 15.5. The van der Waals surface area contributed by atoms with Crippen LogP contribution in [0.2, 0.25) is 5.02 Å². The lowest BCUT2D eigenvalue weighted by molar-refractivity contribution is -0.129. The number of nitrogens with two attached hydrogens (primary N) is 1. The highest BCUT2D eigenvalue weighted by atomic mass is 35.5. The average molecular weight is 446 g/mol. The van der Waals surface area contributed by atoms with Crippen molar-refractivity contribution in [2.24, 2.45) is 0 Å². The van der Waals surface area contributed by atoms with E-state index in [1.807, 2.05) is 59.5 Å². The molecular weight excluding hydrogens is 422 g/mol. The number of carbonyl (C=O) groups excluding carboxylic acids is 2. The summed E-state index contributed by atoms with van der Waals surface area (Å²) in [5.41, 5.74) is 10.1. The molecule has 162 valence electrons. The first kappa shape index (κ1) is 21.7. The molecule has 0 radical (unpaired) electrons. The van der Waals surface area contributed by atoms with E-state index in [1.165, 1.54) is 0 Å². The van der Waals surface area contributed by atoms with E-state index in [4.69, 9.17) is 17.3 Å². The molecule has 0 aliphatic carbocycles. The zero-order chi connectivity index (χ0) is 22.5. The fourth-order valence-corrected chi connectivity index (χ4v) is 3.91. The van der Waals surface area contributed by atoms with Crippen molar-refractivity contribution in [1.29, 1.82) is 0 Å². The van der Waals surface area contributed by atoms with Crippen LogP contribution in [0.4, 0.5) is 11.4 Å². The van der Waals surface area contributed by atoms with E-state index in [2.05, 4.69) is 5.32 Å². The van der Waals surface area contributed by atoms with Gasteiger partial charge in [0, 0.05) is 29.2 Å². The van der Waals surface area contributed by atoms with Crippen molar-refractivity contribution in [1.82, 2.24) is 4.90 Å². The first-order valence-electron chi connectivity index (χ1n) is 10.5. The Hall–Kier alpha value is -3.57. The van der Waals surface area contributed by atoms with Crippen molar-refractivity contribution in [3.05, 3.63) is 100 Å². The first-order valence-corrected chi connectivity index (χ1v) is 10.9. The van der Waals surface area contributed by atoms with Crippen molar-refractivity contribution in [2.75, 3.05) is 17.6 Å². The summed E-state index contributed by atoms with van der Waals surface area (Å²) in [7, 11) is 0. The van der Waals surface area contributed by atoms with E-state index < -0.39 is 0 Å². The summed E-state index contributed by atoms with van der Waals surface area (Å²) < 4.78 is 0. The highest BCUT2D eigenvalue weighted by molar-refractivity contribution is 6.32. The molecule has 0 spiro atoms. The molecule has 0 aromatic heterocycles. The number of nitrogen functional groups attached to an aromatic ring is 1. The van der Waals surface area contributed by atoms with E-state index in [0.29, 0.717) is 35.1 Å². The van der Waals surface area contributed by atoms with Crippen molar-refractivity contribution in [3.8, 4) is 0 Å². The molecule has 1 heterocycles. The number of hydrogen-bond donors (Lipinski definition) is 2. The largest absolute Gasteiger partial charge is 0.397 e. The van der Waals surface area contributed by atoms with Crippen LogP contribution in [-0.2, 0) is 11.3 Å². The second-order valence-corrected chi connectivity index (χ2v) is 8.17. The second-order valence-electron chi connectivity index (χ2n) is 7.76. The van der Waals surface area contributed by atoms with Crippen LogP contribution in [0.15, 0.2) is 78.4 Å². The van der Waals surface area contributed by atoms with Crippen LogP contribution >= 0.6 is 11.6 Å². The van der Waals surface area contributed by atoms with Gasteiger partial charge < -0.3 is 16.0 Å². The average Bonchev–Trinajstić information content (AvgIpc) is 2.80. The second kappa shape index (κ2) is 9.71. The van der Waals surface area contributed by atoms with Gasteiger partial charge in [0.2, 0.25) is 5.91 Å². The fraction of sp³-hybridized carbons (Fsp3) is 0.154. The minimum absolute atomic E-state index is 0.0255. The maximum Gasteiger partial charge on any atom is 0.255 e. The zero-order valence-electron chi connectivity index (χ0n) is 17.6. The van der Waals surface area contributed by atoms with Gasteiger partial charge in [-0.2, -0.15) is 0 Å². The number of rotatable bonds is 5. The molecule has 2 amide bonds. The molecule has 0 saturated carbocycles. The van der Waals surface area contributed by atoms with Gasteiger partial charge in [-0.3, -0.25) is 9.59 Å². The quantitative estimate of drug-likeness (QED) is 0.409. The minimum atomic E-state index is -0.228. The molecule has 5 nitrogen and oxygen atoms in total. The molecule has 1 aliphatic heterocycles. The third kappa shape index (κ3) is 5.01. The highest BCUT2D eigenvalue weighted by Crippen LogP contribution is 2.25. The molecule has 3 aromatic rings. The summed E-state index contributed by atoms with van der Waals surface area (Å²) in [4.78, 5) is 27.3. The van der Waals surface area contributed by atoms with E-state index >= 15 is 0 Å². The number of nitrogens with one attached hydrogen (secondary N) is 1. The molecule has 3 N–H and O–H groups in total. The van der Waals surface area contributed by atoms with Gasteiger partial charge in [0.25, 0.3) is 5.91 Å². The van der Waals surface area contributed by atoms with Crippen molar-refractivity contribution >= 4 is 40.9 Å². The summed E-state index contributed by atoms with van der Waals surface area (Å²) in [5.74, 6) is -0.203. The number of hydrogen-bond acceptors (Lipinski definition) is 3. The van der Waals surface area contributed by atoms with Gasteiger partial charge in [0.05, 0.1) is 11.4 Å². The predicted molar refractivity (Wildman–Crippen MR) is 129 cm³/mol. The van der Waals surface area contributed by atoms with Crippen molar-refractivity contribution < 1.29 is 9.59 Å². The molecule has 0 atom stereocenters. The van der Waals surface area contributed by atoms with Crippen molar-refractivity contribution in [3.63, 3.8) is 0 Å². The maximum atomic E-state index is 13.0. The number of anilines is 2. The third-order valence-electron chi connectivity index (χ3n) is 5.47. The molecular formula is C26H24ClN3O2. The van der Waals surface area contributed by atoms with Crippen LogP contribution in [0.1, 0.15) is 34.3 Å². The van der Waals surface area contributed by atoms with E-state index in [0.717, 1.165) is 29.5 Å². The molecule has 0 unspecified atom stereocenters. The highest BCUT2D eigenvalue weighted by Gasteiger charge is 2.23. The Labute approximate surface area is 192 Å². The summed E-state index contributed by atoms with van der Waals surface area (Å²) in [5, 5.41) is 3.46. The van der Waals surface area contributed by atoms with Gasteiger partial charge in [-0.05, 0) is 60.4 Å². The normalized spacial score (nSPS) is 15.1. The van der Waals surface area contributed by atoms with Gasteiger partial charge in [0.15, 0.2) is 0 Å². The Kier molecular flexibility index (Phi) is 6.57. The summed E-state index contributed by atoms with van der Waals surface area (Å²) >= 11 is 6.25. The zero-order valence-corrected chi connectivity index (χ0v) is 18.3. The van der Waals surface area contributed by atoms with Crippen LogP contribution in [0.5, 0.6) is 0 Å². The monoisotopic (exact) mass is 445 g/mol. The fourth-order valence-electron chi connectivity index (χ4n) is 3.72. The van der Waals surface area contributed by atoms with Gasteiger partial charge in [-0.1, -0.05) is 54.1 Å². The Morgan fingerprint density at radius 3 is 2.50 bits per heavy atom. The molecule has 32 heavy (non-hydrogen) atoms. The number of amides is 2. The molecule has 6 heteroatoms. The van der Waals surface area contributed by atoms with Crippen LogP contribution in [0.3, 0.4) is 0 Å². The van der Waals surface area contributed by atoms with Gasteiger partial charge in [-0.15, -0.1) is 0 Å². The lowest BCUT2D eigenvalue weighted by atomic mass is 10.00. The Balaban J connectivity index is 1.43. The molecule has 1 aliphatic rings. The SMILES string of the molecule is Nc1ccccc1NC(=O)c1ccc(CN2CCC/C(=C\c3ccccc3Cl)C2=O)cc1. The summed E-state index contributed by atoms with van der Waals surface area (Å²) in [6.45, 7) is 1.19. The topological polar surface area (TPSA) is 75.4 Å². The number of halogens is 1. The lowest BCUT2D eigenvalue weighted by Gasteiger charge is -2.28. The molecule has 0 bridgehead atoms. The molecule has 1 saturated heterocycles. The predicted octanol–water partition coefficient (Wildman–Crippen LogP) is 5.38. The number of piperidine rings is 1. The third-order valence-corrected chi connectivity index (χ3v) is 5.81. The van der Waals surface area contributed by atoms with Gasteiger partial charge in [0.1, 0.15) is 0 Å². The molecule has 3 aromatic carbocycles. The number of benzene rings is 3. The summed E-state index contributed by atoms with van der Waals surface area (Å²) in [6, 6.07) is 21.9. The van der Waals surface area contributed by atoms with E-state index in [1.54, 1.807) is 24.3 Å². The smallest absolute Gasteiger partial charge is 0.255 e. The van der Waals surface area contributed by atoms with Gasteiger partial charge >= 0.3 is 0 Å². The number of nitrogens with zero attached hydrogens (tertiary/aromatic N) is 1. The van der Waals surface area contributed by atoms with E-state index in [-0.39, 0.29) is 11.8 Å². The van der Waals surface area contributed by atoms with Crippen LogP contribution < -0.4 is 11.1 Å².